The normalized spacial score (nSPS) is 17.5. The van der Waals surface area contributed by atoms with Crippen LogP contribution in [0.4, 0.5) is 0 Å². The van der Waals surface area contributed by atoms with Gasteiger partial charge in [-0.1, -0.05) is 17.7 Å². The fourth-order valence-corrected chi connectivity index (χ4v) is 1.61. The number of aryl methyl sites for hydroxylation is 1. The number of nitrogens with zero attached hydrogens (tertiary/aromatic N) is 1. The number of halogens is 1. The molecule has 2 heterocycles. The number of ether oxygens (including phenoxy) is 1. The molecule has 3 heteroatoms. The number of hydrogen-bond acceptors (Lipinski definition) is 2. The standard InChI is InChI=1S/C9H10ClNO/c1-6-2-3-8(9(10)11-6)7-4-12-5-7/h2-3,7H,4-5H2,1H3. The molecule has 0 bridgehead atoms. The molecule has 12 heavy (non-hydrogen) atoms. The lowest BCUT2D eigenvalue weighted by Crippen LogP contribution is -2.25. The fourth-order valence-electron chi connectivity index (χ4n) is 1.26. The van der Waals surface area contributed by atoms with Gasteiger partial charge in [0.1, 0.15) is 5.15 Å². The van der Waals surface area contributed by atoms with E-state index in [0.717, 1.165) is 24.5 Å². The van der Waals surface area contributed by atoms with Crippen molar-refractivity contribution in [1.82, 2.24) is 4.98 Å². The van der Waals surface area contributed by atoms with E-state index in [0.29, 0.717) is 11.1 Å². The van der Waals surface area contributed by atoms with Crippen molar-refractivity contribution in [3.63, 3.8) is 0 Å². The van der Waals surface area contributed by atoms with Crippen molar-refractivity contribution < 1.29 is 4.74 Å². The second-order valence-corrected chi connectivity index (χ2v) is 3.43. The summed E-state index contributed by atoms with van der Waals surface area (Å²) in [5.41, 5.74) is 2.08. The van der Waals surface area contributed by atoms with Gasteiger partial charge in [0.05, 0.1) is 13.2 Å². The van der Waals surface area contributed by atoms with Gasteiger partial charge in [0, 0.05) is 11.6 Å². The molecule has 0 saturated carbocycles. The smallest absolute Gasteiger partial charge is 0.132 e. The van der Waals surface area contributed by atoms with E-state index < -0.39 is 0 Å². The predicted octanol–water partition coefficient (Wildman–Crippen LogP) is 2.16. The molecule has 0 atom stereocenters. The minimum Gasteiger partial charge on any atom is -0.380 e. The number of pyridine rings is 1. The SMILES string of the molecule is Cc1ccc(C2COC2)c(Cl)n1. The average molecular weight is 184 g/mol. The highest BCUT2D eigenvalue weighted by atomic mass is 35.5. The molecule has 0 amide bonds. The van der Waals surface area contributed by atoms with Crippen LogP contribution in [0, 0.1) is 6.92 Å². The van der Waals surface area contributed by atoms with Crippen LogP contribution < -0.4 is 0 Å². The van der Waals surface area contributed by atoms with Crippen molar-refractivity contribution in [2.75, 3.05) is 13.2 Å². The highest BCUT2D eigenvalue weighted by Crippen LogP contribution is 2.28. The van der Waals surface area contributed by atoms with Crippen LogP contribution in [0.15, 0.2) is 12.1 Å². The monoisotopic (exact) mass is 183 g/mol. The first-order valence-corrected chi connectivity index (χ1v) is 4.36. The largest absolute Gasteiger partial charge is 0.380 e. The summed E-state index contributed by atoms with van der Waals surface area (Å²) in [4.78, 5) is 4.19. The Hall–Kier alpha value is -0.600. The third kappa shape index (κ3) is 1.32. The first-order chi connectivity index (χ1) is 5.77. The Morgan fingerprint density at radius 1 is 1.50 bits per heavy atom. The minimum atomic E-state index is 0.464. The first kappa shape index (κ1) is 8.02. The molecule has 0 spiro atoms. The maximum atomic E-state index is 5.97. The Morgan fingerprint density at radius 3 is 2.75 bits per heavy atom. The number of rotatable bonds is 1. The number of hydrogen-bond donors (Lipinski definition) is 0. The molecule has 1 saturated heterocycles. The van der Waals surface area contributed by atoms with Gasteiger partial charge >= 0.3 is 0 Å². The summed E-state index contributed by atoms with van der Waals surface area (Å²) in [7, 11) is 0. The van der Waals surface area contributed by atoms with Crippen LogP contribution in [-0.2, 0) is 4.74 Å². The quantitative estimate of drug-likeness (QED) is 0.623. The van der Waals surface area contributed by atoms with Gasteiger partial charge in [-0.05, 0) is 18.6 Å². The van der Waals surface area contributed by atoms with E-state index in [1.807, 2.05) is 19.1 Å². The topological polar surface area (TPSA) is 22.1 Å². The summed E-state index contributed by atoms with van der Waals surface area (Å²) >= 11 is 5.97. The maximum absolute atomic E-state index is 5.97. The fraction of sp³-hybridized carbons (Fsp3) is 0.444. The molecule has 1 fully saturated rings. The molecular formula is C9H10ClNO. The Kier molecular flexibility index (Phi) is 2.03. The van der Waals surface area contributed by atoms with Crippen LogP contribution in [0.5, 0.6) is 0 Å². The van der Waals surface area contributed by atoms with Crippen LogP contribution in [0.2, 0.25) is 5.15 Å². The van der Waals surface area contributed by atoms with Crippen molar-refractivity contribution in [2.24, 2.45) is 0 Å². The van der Waals surface area contributed by atoms with Gasteiger partial charge in [0.2, 0.25) is 0 Å². The van der Waals surface area contributed by atoms with E-state index in [9.17, 15) is 0 Å². The third-order valence-corrected chi connectivity index (χ3v) is 2.40. The van der Waals surface area contributed by atoms with E-state index in [2.05, 4.69) is 4.98 Å². The summed E-state index contributed by atoms with van der Waals surface area (Å²) in [5.74, 6) is 0.464. The third-order valence-electron chi connectivity index (χ3n) is 2.09. The van der Waals surface area contributed by atoms with E-state index in [1.165, 1.54) is 0 Å². The zero-order valence-corrected chi connectivity index (χ0v) is 7.64. The van der Waals surface area contributed by atoms with Crippen molar-refractivity contribution in [2.45, 2.75) is 12.8 Å². The van der Waals surface area contributed by atoms with Crippen LogP contribution in [0.3, 0.4) is 0 Å². The molecule has 2 rings (SSSR count). The Morgan fingerprint density at radius 2 is 2.25 bits per heavy atom. The second-order valence-electron chi connectivity index (χ2n) is 3.07. The molecule has 0 radical (unpaired) electrons. The Balaban J connectivity index is 2.31. The highest BCUT2D eigenvalue weighted by Gasteiger charge is 2.23. The lowest BCUT2D eigenvalue weighted by molar-refractivity contribution is 0.00832. The van der Waals surface area contributed by atoms with Gasteiger partial charge in [0.25, 0.3) is 0 Å². The average Bonchev–Trinajstić information content (AvgIpc) is 1.91. The van der Waals surface area contributed by atoms with Gasteiger partial charge < -0.3 is 4.74 Å². The summed E-state index contributed by atoms with van der Waals surface area (Å²) < 4.78 is 5.09. The zero-order valence-electron chi connectivity index (χ0n) is 6.88. The van der Waals surface area contributed by atoms with Crippen LogP contribution in [-0.4, -0.2) is 18.2 Å². The summed E-state index contributed by atoms with van der Waals surface area (Å²) in [6.07, 6.45) is 0. The molecule has 2 nitrogen and oxygen atoms in total. The molecule has 64 valence electrons. The van der Waals surface area contributed by atoms with E-state index in [-0.39, 0.29) is 0 Å². The predicted molar refractivity (Wildman–Crippen MR) is 47.5 cm³/mol. The Bertz CT molecular complexity index is 297. The summed E-state index contributed by atoms with van der Waals surface area (Å²) in [5, 5.41) is 0.628. The summed E-state index contributed by atoms with van der Waals surface area (Å²) in [6.45, 7) is 3.50. The van der Waals surface area contributed by atoms with Crippen molar-refractivity contribution in [1.29, 1.82) is 0 Å². The second kappa shape index (κ2) is 3.04. The van der Waals surface area contributed by atoms with Crippen LogP contribution in [0.25, 0.3) is 0 Å². The molecule has 1 aliphatic heterocycles. The molecule has 0 aliphatic carbocycles. The van der Waals surface area contributed by atoms with Gasteiger partial charge in [-0.25, -0.2) is 4.98 Å². The lowest BCUT2D eigenvalue weighted by Gasteiger charge is -2.26. The summed E-state index contributed by atoms with van der Waals surface area (Å²) in [6, 6.07) is 4.03. The van der Waals surface area contributed by atoms with Crippen LogP contribution in [0.1, 0.15) is 17.2 Å². The van der Waals surface area contributed by atoms with Gasteiger partial charge in [-0.2, -0.15) is 0 Å². The van der Waals surface area contributed by atoms with E-state index in [1.54, 1.807) is 0 Å². The maximum Gasteiger partial charge on any atom is 0.132 e. The molecule has 0 aromatic carbocycles. The molecule has 1 aromatic heterocycles. The van der Waals surface area contributed by atoms with E-state index >= 15 is 0 Å². The van der Waals surface area contributed by atoms with Crippen molar-refractivity contribution >= 4 is 11.6 Å². The Labute approximate surface area is 76.5 Å². The molecule has 1 aromatic rings. The first-order valence-electron chi connectivity index (χ1n) is 3.98. The zero-order chi connectivity index (χ0) is 8.55. The molecule has 1 aliphatic rings. The van der Waals surface area contributed by atoms with E-state index in [4.69, 9.17) is 16.3 Å². The minimum absolute atomic E-state index is 0.464. The van der Waals surface area contributed by atoms with Gasteiger partial charge in [-0.3, -0.25) is 0 Å². The molecular weight excluding hydrogens is 174 g/mol. The van der Waals surface area contributed by atoms with Gasteiger partial charge in [-0.15, -0.1) is 0 Å². The van der Waals surface area contributed by atoms with Crippen LogP contribution >= 0.6 is 11.6 Å². The molecule has 0 N–H and O–H groups in total. The highest BCUT2D eigenvalue weighted by molar-refractivity contribution is 6.30. The number of aromatic nitrogens is 1. The lowest BCUT2D eigenvalue weighted by atomic mass is 9.99. The van der Waals surface area contributed by atoms with Gasteiger partial charge in [0.15, 0.2) is 0 Å². The molecule has 0 unspecified atom stereocenters. The van der Waals surface area contributed by atoms with Crippen molar-refractivity contribution in [3.8, 4) is 0 Å². The van der Waals surface area contributed by atoms with Crippen molar-refractivity contribution in [3.05, 3.63) is 28.5 Å².